The monoisotopic (exact) mass is 460 g/mol. The molecule has 5 heteroatoms. The number of rotatable bonds is 7. The van der Waals surface area contributed by atoms with Gasteiger partial charge in [0.25, 0.3) is 0 Å². The summed E-state index contributed by atoms with van der Waals surface area (Å²) in [6.07, 6.45) is 3.66. The fourth-order valence-electron chi connectivity index (χ4n) is 4.09. The van der Waals surface area contributed by atoms with Crippen LogP contribution in [-0.2, 0) is 17.6 Å². The topological polar surface area (TPSA) is 23.6 Å². The molecule has 0 aromatic heterocycles. The Labute approximate surface area is 182 Å². The SMILES string of the molecule is CCC1CCN(CCc2ccc(Br)cc2)C(C)C(=O)N1CCc1ccc(F)cc1. The van der Waals surface area contributed by atoms with Gasteiger partial charge in [-0.3, -0.25) is 9.69 Å². The van der Waals surface area contributed by atoms with Crippen molar-refractivity contribution in [1.29, 1.82) is 0 Å². The lowest BCUT2D eigenvalue weighted by atomic mass is 10.1. The van der Waals surface area contributed by atoms with E-state index in [2.05, 4.69) is 56.9 Å². The van der Waals surface area contributed by atoms with E-state index in [9.17, 15) is 9.18 Å². The normalized spacial score (nSPS) is 20.7. The van der Waals surface area contributed by atoms with Gasteiger partial charge in [-0.1, -0.05) is 47.1 Å². The largest absolute Gasteiger partial charge is 0.338 e. The number of benzene rings is 2. The molecule has 0 radical (unpaired) electrons. The van der Waals surface area contributed by atoms with Gasteiger partial charge in [0, 0.05) is 30.1 Å². The molecular formula is C24H30BrFN2O. The fourth-order valence-corrected chi connectivity index (χ4v) is 4.35. The molecule has 0 N–H and O–H groups in total. The Morgan fingerprint density at radius 3 is 2.21 bits per heavy atom. The molecule has 1 amide bonds. The molecule has 3 nitrogen and oxygen atoms in total. The maximum absolute atomic E-state index is 13.3. The van der Waals surface area contributed by atoms with Crippen LogP contribution in [0.2, 0.25) is 0 Å². The van der Waals surface area contributed by atoms with Gasteiger partial charge in [0.2, 0.25) is 5.91 Å². The van der Waals surface area contributed by atoms with E-state index < -0.39 is 0 Å². The average Bonchev–Trinajstić information content (AvgIpc) is 2.84. The van der Waals surface area contributed by atoms with E-state index in [1.807, 2.05) is 19.1 Å². The molecule has 2 aromatic carbocycles. The van der Waals surface area contributed by atoms with E-state index >= 15 is 0 Å². The van der Waals surface area contributed by atoms with Gasteiger partial charge in [0.05, 0.1) is 6.04 Å². The molecule has 0 spiro atoms. The summed E-state index contributed by atoms with van der Waals surface area (Å²) in [7, 11) is 0. The van der Waals surface area contributed by atoms with E-state index in [4.69, 9.17) is 0 Å². The molecule has 3 rings (SSSR count). The Hall–Kier alpha value is -1.72. The maximum atomic E-state index is 13.3. The van der Waals surface area contributed by atoms with Crippen molar-refractivity contribution in [1.82, 2.24) is 9.80 Å². The molecule has 2 unspecified atom stereocenters. The van der Waals surface area contributed by atoms with Crippen molar-refractivity contribution in [2.45, 2.75) is 51.6 Å². The number of carbonyl (C=O) groups is 1. The summed E-state index contributed by atoms with van der Waals surface area (Å²) in [5, 5.41) is 0. The molecule has 0 bridgehead atoms. The second-order valence-electron chi connectivity index (χ2n) is 7.85. The van der Waals surface area contributed by atoms with Crippen LogP contribution < -0.4 is 0 Å². The Kier molecular flexibility index (Phi) is 7.84. The third kappa shape index (κ3) is 5.89. The van der Waals surface area contributed by atoms with Gasteiger partial charge in [-0.2, -0.15) is 0 Å². The van der Waals surface area contributed by atoms with Crippen LogP contribution >= 0.6 is 15.9 Å². The zero-order valence-corrected chi connectivity index (χ0v) is 18.9. The molecule has 29 heavy (non-hydrogen) atoms. The van der Waals surface area contributed by atoms with Crippen LogP contribution in [0.25, 0.3) is 0 Å². The Balaban J connectivity index is 1.63. The second kappa shape index (κ2) is 10.4. The molecule has 1 aliphatic heterocycles. The lowest BCUT2D eigenvalue weighted by molar-refractivity contribution is -0.136. The van der Waals surface area contributed by atoms with Crippen molar-refractivity contribution in [2.24, 2.45) is 0 Å². The van der Waals surface area contributed by atoms with Crippen molar-refractivity contribution in [2.75, 3.05) is 19.6 Å². The van der Waals surface area contributed by atoms with Crippen LogP contribution in [0.5, 0.6) is 0 Å². The zero-order chi connectivity index (χ0) is 20.8. The van der Waals surface area contributed by atoms with Crippen molar-refractivity contribution >= 4 is 21.8 Å². The number of hydrogen-bond donors (Lipinski definition) is 0. The van der Waals surface area contributed by atoms with Crippen LogP contribution in [-0.4, -0.2) is 47.4 Å². The van der Waals surface area contributed by atoms with Crippen LogP contribution in [0.15, 0.2) is 53.0 Å². The molecule has 0 aliphatic carbocycles. The van der Waals surface area contributed by atoms with Crippen LogP contribution in [0.1, 0.15) is 37.8 Å². The zero-order valence-electron chi connectivity index (χ0n) is 17.3. The van der Waals surface area contributed by atoms with E-state index in [1.54, 1.807) is 0 Å². The van der Waals surface area contributed by atoms with Crippen LogP contribution in [0.4, 0.5) is 4.39 Å². The van der Waals surface area contributed by atoms with Crippen LogP contribution in [0, 0.1) is 5.82 Å². The predicted molar refractivity (Wildman–Crippen MR) is 119 cm³/mol. The summed E-state index contributed by atoms with van der Waals surface area (Å²) in [5.74, 6) is -0.00617. The molecule has 156 valence electrons. The minimum absolute atomic E-state index is 0.116. The van der Waals surface area contributed by atoms with Gasteiger partial charge in [-0.15, -0.1) is 0 Å². The van der Waals surface area contributed by atoms with Gasteiger partial charge < -0.3 is 4.90 Å². The second-order valence-corrected chi connectivity index (χ2v) is 8.76. The fraction of sp³-hybridized carbons (Fsp3) is 0.458. The first kappa shape index (κ1) is 22.0. The van der Waals surface area contributed by atoms with E-state index in [-0.39, 0.29) is 23.8 Å². The van der Waals surface area contributed by atoms with E-state index in [0.29, 0.717) is 6.54 Å². The first-order valence-corrected chi connectivity index (χ1v) is 11.3. The van der Waals surface area contributed by atoms with Gasteiger partial charge in [-0.25, -0.2) is 4.39 Å². The number of carbonyl (C=O) groups excluding carboxylic acids is 1. The van der Waals surface area contributed by atoms with Crippen molar-refractivity contribution in [3.63, 3.8) is 0 Å². The van der Waals surface area contributed by atoms with E-state index in [0.717, 1.165) is 48.8 Å². The van der Waals surface area contributed by atoms with Gasteiger partial charge in [0.15, 0.2) is 0 Å². The maximum Gasteiger partial charge on any atom is 0.239 e. The number of amides is 1. The summed E-state index contributed by atoms with van der Waals surface area (Å²) < 4.78 is 14.2. The molecule has 1 aliphatic rings. The lowest BCUT2D eigenvalue weighted by Crippen LogP contribution is -2.47. The van der Waals surface area contributed by atoms with Gasteiger partial charge >= 0.3 is 0 Å². The minimum Gasteiger partial charge on any atom is -0.338 e. The smallest absolute Gasteiger partial charge is 0.239 e. The number of nitrogens with zero attached hydrogens (tertiary/aromatic N) is 2. The lowest BCUT2D eigenvalue weighted by Gasteiger charge is -2.31. The molecule has 1 saturated heterocycles. The molecule has 0 saturated carbocycles. The first-order chi connectivity index (χ1) is 14.0. The summed E-state index contributed by atoms with van der Waals surface area (Å²) >= 11 is 3.48. The van der Waals surface area contributed by atoms with E-state index in [1.165, 1.54) is 17.7 Å². The quantitative estimate of drug-likeness (QED) is 0.575. The molecular weight excluding hydrogens is 431 g/mol. The highest BCUT2D eigenvalue weighted by atomic mass is 79.9. The molecule has 1 fully saturated rings. The number of hydrogen-bond acceptors (Lipinski definition) is 2. The summed E-state index contributed by atoms with van der Waals surface area (Å²) in [6, 6.07) is 15.2. The molecule has 1 heterocycles. The highest BCUT2D eigenvalue weighted by molar-refractivity contribution is 9.10. The van der Waals surface area contributed by atoms with Gasteiger partial charge in [0.1, 0.15) is 5.82 Å². The van der Waals surface area contributed by atoms with Crippen molar-refractivity contribution in [3.8, 4) is 0 Å². The van der Waals surface area contributed by atoms with Crippen molar-refractivity contribution in [3.05, 3.63) is 69.9 Å². The summed E-state index contributed by atoms with van der Waals surface area (Å²) in [5.41, 5.74) is 2.36. The third-order valence-electron chi connectivity index (χ3n) is 6.01. The van der Waals surface area contributed by atoms with Crippen LogP contribution in [0.3, 0.4) is 0 Å². The molecule has 2 aromatic rings. The highest BCUT2D eigenvalue weighted by Crippen LogP contribution is 2.21. The Morgan fingerprint density at radius 1 is 1.00 bits per heavy atom. The summed E-state index contributed by atoms with van der Waals surface area (Å²) in [4.78, 5) is 17.7. The molecule has 2 atom stereocenters. The van der Waals surface area contributed by atoms with Gasteiger partial charge in [-0.05, 0) is 68.0 Å². The standard InChI is InChI=1S/C24H30BrFN2O/c1-3-23-14-16-27(15-12-19-4-8-21(25)9-5-19)18(2)24(29)28(23)17-13-20-6-10-22(26)11-7-20/h4-11,18,23H,3,12-17H2,1-2H3. The first-order valence-electron chi connectivity index (χ1n) is 10.5. The summed E-state index contributed by atoms with van der Waals surface area (Å²) in [6.45, 7) is 6.71. The Bertz CT molecular complexity index is 794. The van der Waals surface area contributed by atoms with Crippen molar-refractivity contribution < 1.29 is 9.18 Å². The average molecular weight is 461 g/mol. The highest BCUT2D eigenvalue weighted by Gasteiger charge is 2.33. The number of halogens is 2. The third-order valence-corrected chi connectivity index (χ3v) is 6.53. The predicted octanol–water partition coefficient (Wildman–Crippen LogP) is 5.07. The minimum atomic E-state index is -0.221. The Morgan fingerprint density at radius 2 is 1.59 bits per heavy atom.